The van der Waals surface area contributed by atoms with Gasteiger partial charge in [-0.1, -0.05) is 6.07 Å². The highest BCUT2D eigenvalue weighted by molar-refractivity contribution is 7.89. The number of aromatic nitrogens is 3. The average molecular weight is 417 g/mol. The second-order valence-electron chi connectivity index (χ2n) is 7.31. The number of likely N-dealkylation sites (tertiary alicyclic amines) is 1. The van der Waals surface area contributed by atoms with Gasteiger partial charge < -0.3 is 9.88 Å². The van der Waals surface area contributed by atoms with Gasteiger partial charge >= 0.3 is 0 Å². The first-order valence-corrected chi connectivity index (χ1v) is 11.3. The number of hydrogen-bond donors (Lipinski definition) is 1. The number of carbonyl (C=O) groups is 1. The molecular formula is C19H23N5O4S. The van der Waals surface area contributed by atoms with Crippen LogP contribution in [0.2, 0.25) is 0 Å². The van der Waals surface area contributed by atoms with E-state index in [0.717, 1.165) is 0 Å². The number of fused-ring (bicyclic) bond motifs is 1. The number of nitrogens with one attached hydrogen (secondary N) is 1. The number of sulfonamides is 1. The minimum atomic E-state index is -3.35. The summed E-state index contributed by atoms with van der Waals surface area (Å²) in [6.07, 6.45) is 2.71. The third-order valence-corrected chi connectivity index (χ3v) is 7.38. The van der Waals surface area contributed by atoms with Crippen molar-refractivity contribution in [2.45, 2.75) is 32.2 Å². The molecule has 0 unspecified atom stereocenters. The number of carbonyl (C=O) groups excluding carboxylic acids is 1. The van der Waals surface area contributed by atoms with Crippen molar-refractivity contribution in [1.29, 1.82) is 0 Å². The number of amides is 1. The van der Waals surface area contributed by atoms with Gasteiger partial charge in [0.1, 0.15) is 11.5 Å². The van der Waals surface area contributed by atoms with Crippen LogP contribution in [-0.2, 0) is 23.0 Å². The molecule has 2 aliphatic heterocycles. The molecular weight excluding hydrogens is 394 g/mol. The fourth-order valence-corrected chi connectivity index (χ4v) is 4.91. The smallest absolute Gasteiger partial charge is 0.272 e. The van der Waals surface area contributed by atoms with E-state index in [-0.39, 0.29) is 29.7 Å². The molecule has 0 aliphatic carbocycles. The summed E-state index contributed by atoms with van der Waals surface area (Å²) >= 11 is 0. The van der Waals surface area contributed by atoms with Gasteiger partial charge in [0.2, 0.25) is 10.0 Å². The molecule has 2 aromatic heterocycles. The van der Waals surface area contributed by atoms with E-state index in [4.69, 9.17) is 0 Å². The molecule has 29 heavy (non-hydrogen) atoms. The monoisotopic (exact) mass is 417 g/mol. The summed E-state index contributed by atoms with van der Waals surface area (Å²) in [4.78, 5) is 38.5. The van der Waals surface area contributed by atoms with Gasteiger partial charge in [0.25, 0.3) is 11.5 Å². The number of hydrogen-bond acceptors (Lipinski definition) is 6. The predicted molar refractivity (Wildman–Crippen MR) is 106 cm³/mol. The summed E-state index contributed by atoms with van der Waals surface area (Å²) in [6, 6.07) is 5.22. The third kappa shape index (κ3) is 3.82. The lowest BCUT2D eigenvalue weighted by Crippen LogP contribution is -2.40. The van der Waals surface area contributed by atoms with Gasteiger partial charge in [-0.2, -0.15) is 4.31 Å². The minimum Gasteiger partial charge on any atom is -0.337 e. The molecule has 0 saturated carbocycles. The minimum absolute atomic E-state index is 0.00790. The topological polar surface area (TPSA) is 116 Å². The molecule has 2 aromatic rings. The zero-order chi connectivity index (χ0) is 20.6. The van der Waals surface area contributed by atoms with Crippen molar-refractivity contribution in [2.75, 3.05) is 25.4 Å². The average Bonchev–Trinajstić information content (AvgIpc) is 3.24. The van der Waals surface area contributed by atoms with Crippen molar-refractivity contribution < 1.29 is 13.2 Å². The van der Waals surface area contributed by atoms with Crippen molar-refractivity contribution in [3.05, 3.63) is 57.5 Å². The first-order chi connectivity index (χ1) is 13.9. The molecule has 154 valence electrons. The Labute approximate surface area is 168 Å². The predicted octanol–water partition coefficient (Wildman–Crippen LogP) is 0.502. The fraction of sp³-hybridized carbons (Fsp3) is 0.474. The van der Waals surface area contributed by atoms with E-state index >= 15 is 0 Å². The van der Waals surface area contributed by atoms with Crippen LogP contribution in [-0.4, -0.2) is 63.9 Å². The Morgan fingerprint density at radius 1 is 1.31 bits per heavy atom. The molecule has 0 bridgehead atoms. The summed E-state index contributed by atoms with van der Waals surface area (Å²) < 4.78 is 25.6. The highest BCUT2D eigenvalue weighted by atomic mass is 32.2. The van der Waals surface area contributed by atoms with Crippen LogP contribution in [0.4, 0.5) is 0 Å². The van der Waals surface area contributed by atoms with Crippen molar-refractivity contribution >= 4 is 15.9 Å². The van der Waals surface area contributed by atoms with E-state index in [0.29, 0.717) is 55.3 Å². The maximum absolute atomic E-state index is 12.6. The van der Waals surface area contributed by atoms with E-state index < -0.39 is 10.0 Å². The van der Waals surface area contributed by atoms with Gasteiger partial charge in [-0.15, -0.1) is 0 Å². The van der Waals surface area contributed by atoms with E-state index in [1.54, 1.807) is 36.2 Å². The molecule has 0 radical (unpaired) electrons. The largest absolute Gasteiger partial charge is 0.337 e. The molecule has 2 aliphatic rings. The number of nitrogens with zero attached hydrogens (tertiary/aromatic N) is 4. The Bertz CT molecular complexity index is 1080. The first-order valence-electron chi connectivity index (χ1n) is 9.69. The van der Waals surface area contributed by atoms with Crippen LogP contribution in [0.25, 0.3) is 0 Å². The zero-order valence-electron chi connectivity index (χ0n) is 16.2. The molecule has 1 N–H and O–H groups in total. The normalized spacial score (nSPS) is 19.9. The molecule has 9 nitrogen and oxygen atoms in total. The van der Waals surface area contributed by atoms with Crippen molar-refractivity contribution in [1.82, 2.24) is 24.2 Å². The maximum Gasteiger partial charge on any atom is 0.272 e. The molecule has 1 fully saturated rings. The zero-order valence-corrected chi connectivity index (χ0v) is 17.0. The lowest BCUT2D eigenvalue weighted by Gasteiger charge is -2.27. The van der Waals surface area contributed by atoms with Gasteiger partial charge in [-0.25, -0.2) is 13.4 Å². The summed E-state index contributed by atoms with van der Waals surface area (Å²) in [5.41, 5.74) is 1.17. The van der Waals surface area contributed by atoms with E-state index in [2.05, 4.69) is 15.0 Å². The van der Waals surface area contributed by atoms with Crippen LogP contribution in [0, 0.1) is 0 Å². The number of aromatic amines is 1. The van der Waals surface area contributed by atoms with Crippen LogP contribution < -0.4 is 5.56 Å². The Hall–Kier alpha value is -2.59. The number of rotatable bonds is 4. The fourth-order valence-electron chi connectivity index (χ4n) is 3.85. The van der Waals surface area contributed by atoms with Gasteiger partial charge in [-0.3, -0.25) is 14.6 Å². The van der Waals surface area contributed by atoms with Crippen LogP contribution in [0.15, 0.2) is 29.2 Å². The van der Waals surface area contributed by atoms with Gasteiger partial charge in [0.15, 0.2) is 0 Å². The van der Waals surface area contributed by atoms with Crippen molar-refractivity contribution in [3.8, 4) is 0 Å². The Morgan fingerprint density at radius 3 is 2.86 bits per heavy atom. The molecule has 4 rings (SSSR count). The van der Waals surface area contributed by atoms with Crippen LogP contribution >= 0.6 is 0 Å². The first kappa shape index (κ1) is 19.7. The Morgan fingerprint density at radius 2 is 2.14 bits per heavy atom. The third-order valence-electron chi connectivity index (χ3n) is 5.56. The van der Waals surface area contributed by atoms with Gasteiger partial charge in [0.05, 0.1) is 17.0 Å². The quantitative estimate of drug-likeness (QED) is 0.774. The number of H-pyrrole nitrogens is 1. The Kier molecular flexibility index (Phi) is 5.22. The molecule has 0 aromatic carbocycles. The van der Waals surface area contributed by atoms with E-state index in [9.17, 15) is 18.0 Å². The second-order valence-corrected chi connectivity index (χ2v) is 9.57. The highest BCUT2D eigenvalue weighted by Crippen LogP contribution is 2.26. The lowest BCUT2D eigenvalue weighted by molar-refractivity contribution is 0.0784. The van der Waals surface area contributed by atoms with Gasteiger partial charge in [0, 0.05) is 44.7 Å². The van der Waals surface area contributed by atoms with Crippen molar-refractivity contribution in [2.24, 2.45) is 0 Å². The molecule has 1 amide bonds. The number of pyridine rings is 1. The molecule has 0 spiro atoms. The van der Waals surface area contributed by atoms with Crippen LogP contribution in [0.1, 0.15) is 46.8 Å². The highest BCUT2D eigenvalue weighted by Gasteiger charge is 2.32. The SMILES string of the molecule is CCS(=O)(=O)N1CCc2nc([C@@H]3CCN(C(=O)c4ccccn4)C3)[nH]c(=O)c2C1. The summed E-state index contributed by atoms with van der Waals surface area (Å²) in [5.74, 6) is 0.386. The maximum atomic E-state index is 12.6. The van der Waals surface area contributed by atoms with Gasteiger partial charge in [-0.05, 0) is 25.5 Å². The molecule has 1 saturated heterocycles. The molecule has 4 heterocycles. The summed E-state index contributed by atoms with van der Waals surface area (Å²) in [5, 5.41) is 0. The lowest BCUT2D eigenvalue weighted by atomic mass is 10.1. The second kappa shape index (κ2) is 7.68. The summed E-state index contributed by atoms with van der Waals surface area (Å²) in [6.45, 7) is 3.02. The van der Waals surface area contributed by atoms with Crippen molar-refractivity contribution in [3.63, 3.8) is 0 Å². The van der Waals surface area contributed by atoms with E-state index in [1.165, 1.54) is 4.31 Å². The van der Waals surface area contributed by atoms with E-state index in [1.807, 2.05) is 0 Å². The molecule has 1 atom stereocenters. The van der Waals surface area contributed by atoms with Crippen LogP contribution in [0.3, 0.4) is 0 Å². The van der Waals surface area contributed by atoms with Crippen LogP contribution in [0.5, 0.6) is 0 Å². The Balaban J connectivity index is 1.52. The summed E-state index contributed by atoms with van der Waals surface area (Å²) in [7, 11) is -3.35. The standard InChI is InChI=1S/C19H23N5O4S/c1-2-29(27,28)24-10-7-15-14(12-24)18(25)22-17(21-15)13-6-9-23(11-13)19(26)16-5-3-4-8-20-16/h3-5,8,13H,2,6-7,9-12H2,1H3,(H,21,22,25)/t13-/m1/s1. The molecule has 10 heteroatoms.